The highest BCUT2D eigenvalue weighted by atomic mass is 32.2. The number of carbonyl (C=O) groups excluding carboxylic acids is 1. The van der Waals surface area contributed by atoms with E-state index in [1.165, 1.54) is 0 Å². The van der Waals surface area contributed by atoms with E-state index >= 15 is 0 Å². The van der Waals surface area contributed by atoms with E-state index in [9.17, 15) is 27.5 Å². The molecule has 0 unspecified atom stereocenters. The zero-order chi connectivity index (χ0) is 17.8. The molecule has 0 aliphatic heterocycles. The number of hydrogen-bond acceptors (Lipinski definition) is 5. The van der Waals surface area contributed by atoms with Crippen molar-refractivity contribution in [2.24, 2.45) is 5.92 Å². The number of sulfonamides is 1. The number of nitrogens with one attached hydrogen (secondary N) is 1. The molecular formula is C14H18FNO6S. The smallest absolute Gasteiger partial charge is 0.339 e. The van der Waals surface area contributed by atoms with Crippen molar-refractivity contribution in [1.29, 1.82) is 0 Å². The molecule has 23 heavy (non-hydrogen) atoms. The van der Waals surface area contributed by atoms with Gasteiger partial charge >= 0.3 is 11.9 Å². The molecule has 0 spiro atoms. The molecule has 0 bridgehead atoms. The molecule has 1 rings (SSSR count). The molecule has 1 aromatic carbocycles. The van der Waals surface area contributed by atoms with Gasteiger partial charge in [-0.05, 0) is 24.1 Å². The molecule has 7 nitrogen and oxygen atoms in total. The zero-order valence-electron chi connectivity index (χ0n) is 12.9. The first-order valence-electron chi connectivity index (χ1n) is 6.77. The summed E-state index contributed by atoms with van der Waals surface area (Å²) in [6.07, 6.45) is 0.409. The lowest BCUT2D eigenvalue weighted by Gasteiger charge is -2.20. The lowest BCUT2D eigenvalue weighted by Crippen LogP contribution is -2.45. The first-order valence-corrected chi connectivity index (χ1v) is 8.25. The minimum Gasteiger partial charge on any atom is -0.480 e. The van der Waals surface area contributed by atoms with Crippen molar-refractivity contribution in [1.82, 2.24) is 4.72 Å². The summed E-state index contributed by atoms with van der Waals surface area (Å²) in [5.41, 5.74) is -0.380. The Morgan fingerprint density at radius 3 is 2.48 bits per heavy atom. The van der Waals surface area contributed by atoms with E-state index < -0.39 is 44.6 Å². The van der Waals surface area contributed by atoms with Crippen LogP contribution in [0.2, 0.25) is 0 Å². The molecular weight excluding hydrogens is 329 g/mol. The van der Waals surface area contributed by atoms with Crippen molar-refractivity contribution in [3.63, 3.8) is 0 Å². The molecule has 2 atom stereocenters. The third-order valence-electron chi connectivity index (χ3n) is 3.40. The lowest BCUT2D eigenvalue weighted by atomic mass is 10.0. The van der Waals surface area contributed by atoms with Crippen molar-refractivity contribution in [2.75, 3.05) is 7.11 Å². The summed E-state index contributed by atoms with van der Waals surface area (Å²) in [4.78, 5) is 22.2. The van der Waals surface area contributed by atoms with Crippen LogP contribution < -0.4 is 4.72 Å². The summed E-state index contributed by atoms with van der Waals surface area (Å²) in [6.45, 7) is 3.27. The second-order valence-electron chi connectivity index (χ2n) is 4.95. The van der Waals surface area contributed by atoms with Crippen LogP contribution in [0.15, 0.2) is 23.1 Å². The van der Waals surface area contributed by atoms with E-state index in [1.54, 1.807) is 13.8 Å². The lowest BCUT2D eigenvalue weighted by molar-refractivity contribution is -0.140. The van der Waals surface area contributed by atoms with Gasteiger partial charge in [0, 0.05) is 0 Å². The Labute approximate surface area is 133 Å². The number of carboxylic acids is 1. The average Bonchev–Trinajstić information content (AvgIpc) is 2.50. The molecule has 128 valence electrons. The molecule has 0 fully saturated rings. The molecule has 0 aliphatic rings. The molecule has 2 N–H and O–H groups in total. The molecule has 1 aromatic rings. The van der Waals surface area contributed by atoms with Gasteiger partial charge in [-0.3, -0.25) is 4.79 Å². The third kappa shape index (κ3) is 4.49. The van der Waals surface area contributed by atoms with E-state index in [2.05, 4.69) is 4.74 Å². The number of methoxy groups -OCH3 is 1. The Hall–Kier alpha value is -2.00. The Morgan fingerprint density at radius 1 is 1.39 bits per heavy atom. The quantitative estimate of drug-likeness (QED) is 0.721. The van der Waals surface area contributed by atoms with E-state index in [0.29, 0.717) is 12.5 Å². The van der Waals surface area contributed by atoms with Crippen LogP contribution in [0, 0.1) is 11.7 Å². The third-order valence-corrected chi connectivity index (χ3v) is 4.88. The fraction of sp³-hybridized carbons (Fsp3) is 0.429. The fourth-order valence-corrected chi connectivity index (χ4v) is 3.38. The summed E-state index contributed by atoms with van der Waals surface area (Å²) >= 11 is 0. The highest BCUT2D eigenvalue weighted by Crippen LogP contribution is 2.20. The number of carboxylic acid groups (broad SMARTS) is 1. The fourth-order valence-electron chi connectivity index (χ4n) is 1.87. The first-order chi connectivity index (χ1) is 10.6. The van der Waals surface area contributed by atoms with Crippen LogP contribution in [0.25, 0.3) is 0 Å². The minimum absolute atomic E-state index is 0.380. The average molecular weight is 347 g/mol. The number of carbonyl (C=O) groups is 2. The van der Waals surface area contributed by atoms with Crippen molar-refractivity contribution in [3.05, 3.63) is 29.6 Å². The summed E-state index contributed by atoms with van der Waals surface area (Å²) in [5, 5.41) is 9.17. The number of halogens is 1. The Bertz CT molecular complexity index is 703. The van der Waals surface area contributed by atoms with Gasteiger partial charge in [0.05, 0.1) is 17.6 Å². The zero-order valence-corrected chi connectivity index (χ0v) is 13.7. The second kappa shape index (κ2) is 7.51. The molecule has 0 aliphatic carbocycles. The maximum Gasteiger partial charge on any atom is 0.339 e. The highest BCUT2D eigenvalue weighted by molar-refractivity contribution is 7.89. The van der Waals surface area contributed by atoms with E-state index in [-0.39, 0.29) is 5.56 Å². The monoisotopic (exact) mass is 347 g/mol. The highest BCUT2D eigenvalue weighted by Gasteiger charge is 2.32. The van der Waals surface area contributed by atoms with Gasteiger partial charge in [-0.15, -0.1) is 0 Å². The van der Waals surface area contributed by atoms with Crippen molar-refractivity contribution < 1.29 is 32.2 Å². The number of aliphatic carboxylic acids is 1. The number of benzene rings is 1. The minimum atomic E-state index is -4.44. The number of rotatable bonds is 7. The predicted octanol–water partition coefficient (Wildman–Crippen LogP) is 1.39. The van der Waals surface area contributed by atoms with E-state index in [1.807, 2.05) is 4.72 Å². The van der Waals surface area contributed by atoms with Gasteiger partial charge in [0.2, 0.25) is 10.0 Å². The molecule has 0 heterocycles. The maximum atomic E-state index is 13.4. The van der Waals surface area contributed by atoms with Crippen LogP contribution >= 0.6 is 0 Å². The molecule has 0 aromatic heterocycles. The van der Waals surface area contributed by atoms with Gasteiger partial charge in [0.1, 0.15) is 11.9 Å². The van der Waals surface area contributed by atoms with Crippen LogP contribution in [0.3, 0.4) is 0 Å². The molecule has 0 radical (unpaired) electrons. The maximum absolute atomic E-state index is 13.4. The van der Waals surface area contributed by atoms with Crippen LogP contribution in [0.1, 0.15) is 30.6 Å². The van der Waals surface area contributed by atoms with Gasteiger partial charge < -0.3 is 9.84 Å². The van der Waals surface area contributed by atoms with Gasteiger partial charge in [-0.1, -0.05) is 20.3 Å². The summed E-state index contributed by atoms with van der Waals surface area (Å²) in [6, 6.07) is 1.12. The molecule has 0 saturated carbocycles. The van der Waals surface area contributed by atoms with Crippen LogP contribution in [0.4, 0.5) is 4.39 Å². The van der Waals surface area contributed by atoms with E-state index in [4.69, 9.17) is 0 Å². The summed E-state index contributed by atoms with van der Waals surface area (Å²) in [5.74, 6) is -3.72. The largest absolute Gasteiger partial charge is 0.480 e. The van der Waals surface area contributed by atoms with E-state index in [0.717, 1.165) is 19.2 Å². The SMILES string of the molecule is CC[C@H](C)[C@H](NS(=O)(=O)c1cc(F)ccc1C(=O)OC)C(=O)O. The first kappa shape index (κ1) is 19.0. The molecule has 0 saturated heterocycles. The van der Waals surface area contributed by atoms with Crippen molar-refractivity contribution in [2.45, 2.75) is 31.2 Å². The molecule has 9 heteroatoms. The van der Waals surface area contributed by atoms with Gasteiger partial charge in [-0.2, -0.15) is 4.72 Å². The standard InChI is InChI=1S/C14H18FNO6S/c1-4-8(2)12(13(17)18)16-23(20,21)11-7-9(15)5-6-10(11)14(19)22-3/h5-8,12,16H,4H2,1-3H3,(H,17,18)/t8-,12-/m0/s1. The van der Waals surface area contributed by atoms with Crippen molar-refractivity contribution in [3.8, 4) is 0 Å². The van der Waals surface area contributed by atoms with Crippen LogP contribution in [-0.4, -0.2) is 38.6 Å². The number of ether oxygens (including phenoxy) is 1. The van der Waals surface area contributed by atoms with Crippen LogP contribution in [0.5, 0.6) is 0 Å². The number of esters is 1. The summed E-state index contributed by atoms with van der Waals surface area (Å²) in [7, 11) is -3.39. The normalized spacial score (nSPS) is 14.1. The topological polar surface area (TPSA) is 110 Å². The molecule has 0 amide bonds. The summed E-state index contributed by atoms with van der Waals surface area (Å²) < 4.78 is 44.7. The predicted molar refractivity (Wildman–Crippen MR) is 78.9 cm³/mol. The Balaban J connectivity index is 3.35. The van der Waals surface area contributed by atoms with Gasteiger partial charge in [0.15, 0.2) is 0 Å². The Kier molecular flexibility index (Phi) is 6.22. The van der Waals surface area contributed by atoms with Crippen molar-refractivity contribution >= 4 is 22.0 Å². The number of hydrogen-bond donors (Lipinski definition) is 2. The van der Waals surface area contributed by atoms with Crippen LogP contribution in [-0.2, 0) is 19.6 Å². The van der Waals surface area contributed by atoms with Gasteiger partial charge in [0.25, 0.3) is 0 Å². The van der Waals surface area contributed by atoms with Gasteiger partial charge in [-0.25, -0.2) is 17.6 Å². The second-order valence-corrected chi connectivity index (χ2v) is 6.64. The Morgan fingerprint density at radius 2 is 2.00 bits per heavy atom.